The van der Waals surface area contributed by atoms with Gasteiger partial charge in [0.15, 0.2) is 5.78 Å². The lowest BCUT2D eigenvalue weighted by atomic mass is 9.70. The van der Waals surface area contributed by atoms with Gasteiger partial charge in [0.1, 0.15) is 5.92 Å². The third kappa shape index (κ3) is 3.32. The fourth-order valence-corrected chi connectivity index (χ4v) is 5.66. The number of thiophene rings is 2. The van der Waals surface area contributed by atoms with Crippen molar-refractivity contribution < 1.29 is 14.3 Å². The van der Waals surface area contributed by atoms with Crippen LogP contribution in [-0.4, -0.2) is 24.1 Å². The Morgan fingerprint density at radius 1 is 1.30 bits per heavy atom. The molecule has 3 heterocycles. The number of Topliss-reactive ketones (excluding diaryl/α,β-unsaturated/α-hetero) is 1. The van der Waals surface area contributed by atoms with Gasteiger partial charge < -0.3 is 4.74 Å². The number of carbonyl (C=O) groups is 2. The van der Waals surface area contributed by atoms with Crippen LogP contribution < -0.4 is 0 Å². The summed E-state index contributed by atoms with van der Waals surface area (Å²) in [5, 5.41) is 6.06. The van der Waals surface area contributed by atoms with Gasteiger partial charge in [-0.3, -0.25) is 14.6 Å². The highest BCUT2D eigenvalue weighted by Gasteiger charge is 2.44. The van der Waals surface area contributed by atoms with Crippen LogP contribution in [-0.2, 0) is 14.3 Å². The zero-order valence-corrected chi connectivity index (χ0v) is 16.9. The highest BCUT2D eigenvalue weighted by atomic mass is 32.1. The van der Waals surface area contributed by atoms with Crippen LogP contribution in [0, 0.1) is 5.92 Å². The minimum Gasteiger partial charge on any atom is -0.465 e. The fourth-order valence-electron chi connectivity index (χ4n) is 4.13. The maximum atomic E-state index is 13.2. The molecule has 27 heavy (non-hydrogen) atoms. The lowest BCUT2D eigenvalue weighted by Gasteiger charge is -2.35. The summed E-state index contributed by atoms with van der Waals surface area (Å²) in [6.07, 6.45) is 1.22. The number of rotatable bonds is 4. The van der Waals surface area contributed by atoms with E-state index in [0.717, 1.165) is 23.4 Å². The van der Waals surface area contributed by atoms with Gasteiger partial charge in [0.25, 0.3) is 0 Å². The van der Waals surface area contributed by atoms with Gasteiger partial charge in [-0.25, -0.2) is 0 Å². The van der Waals surface area contributed by atoms with E-state index in [1.54, 1.807) is 29.6 Å². The zero-order valence-electron chi connectivity index (χ0n) is 15.3. The Balaban J connectivity index is 1.78. The van der Waals surface area contributed by atoms with Crippen LogP contribution in [0.3, 0.4) is 0 Å². The standard InChI is InChI=1S/C21H21NO3S2/c1-3-25-21(24)18-12(2)22-15-9-14(17-5-4-7-27-17)10-16(23)20(15)19(18)13-6-8-26-11-13/h4-8,11,14,18-19H,3,9-10H2,1-2H3/t14-,18?,19-/m0/s1. The number of hydrogen-bond donors (Lipinski definition) is 0. The van der Waals surface area contributed by atoms with E-state index in [9.17, 15) is 9.59 Å². The predicted octanol–water partition coefficient (Wildman–Crippen LogP) is 4.95. The molecular weight excluding hydrogens is 378 g/mol. The van der Waals surface area contributed by atoms with Crippen molar-refractivity contribution in [1.82, 2.24) is 0 Å². The Hall–Kier alpha value is -2.05. The molecule has 0 spiro atoms. The summed E-state index contributed by atoms with van der Waals surface area (Å²) in [7, 11) is 0. The van der Waals surface area contributed by atoms with E-state index in [-0.39, 0.29) is 23.6 Å². The first-order valence-corrected chi connectivity index (χ1v) is 11.0. The van der Waals surface area contributed by atoms with Crippen LogP contribution >= 0.6 is 22.7 Å². The van der Waals surface area contributed by atoms with Crippen molar-refractivity contribution in [3.05, 3.63) is 56.1 Å². The Morgan fingerprint density at radius 2 is 2.15 bits per heavy atom. The second-order valence-corrected chi connectivity index (χ2v) is 8.68. The van der Waals surface area contributed by atoms with Crippen molar-refractivity contribution in [3.8, 4) is 0 Å². The molecule has 0 saturated heterocycles. The molecule has 0 fully saturated rings. The summed E-state index contributed by atoms with van der Waals surface area (Å²) in [5.74, 6) is -0.832. The number of allylic oxidation sites excluding steroid dienone is 2. The molecule has 1 aliphatic carbocycles. The van der Waals surface area contributed by atoms with Gasteiger partial charge in [-0.15, -0.1) is 11.3 Å². The highest BCUT2D eigenvalue weighted by molar-refractivity contribution is 7.10. The zero-order chi connectivity index (χ0) is 19.0. The van der Waals surface area contributed by atoms with E-state index >= 15 is 0 Å². The number of carbonyl (C=O) groups excluding carboxylic acids is 2. The average molecular weight is 400 g/mol. The SMILES string of the molecule is CCOC(=O)C1C(C)=NC2=C(C(=O)C[C@@H](c3cccs3)C2)[C@H]1c1ccsc1. The summed E-state index contributed by atoms with van der Waals surface area (Å²) in [5.41, 5.74) is 3.30. The minimum absolute atomic E-state index is 0.108. The highest BCUT2D eigenvalue weighted by Crippen LogP contribution is 2.47. The molecule has 3 atom stereocenters. The van der Waals surface area contributed by atoms with E-state index in [1.165, 1.54) is 4.88 Å². The minimum atomic E-state index is -0.527. The van der Waals surface area contributed by atoms with E-state index < -0.39 is 5.92 Å². The molecular formula is C21H21NO3S2. The number of ether oxygens (including phenoxy) is 1. The molecule has 140 valence electrons. The molecule has 1 aliphatic heterocycles. The molecule has 0 radical (unpaired) electrons. The first-order valence-electron chi connectivity index (χ1n) is 9.13. The third-order valence-corrected chi connectivity index (χ3v) is 7.01. The van der Waals surface area contributed by atoms with Gasteiger partial charge in [0, 0.05) is 40.1 Å². The summed E-state index contributed by atoms with van der Waals surface area (Å²) in [6.45, 7) is 4.00. The smallest absolute Gasteiger partial charge is 0.315 e. The number of aliphatic imine (C=N–C) groups is 1. The Kier molecular flexibility index (Phi) is 5.10. The molecule has 2 aromatic rings. The van der Waals surface area contributed by atoms with Crippen LogP contribution in [0.15, 0.2) is 50.6 Å². The molecule has 2 aliphatic rings. The quantitative estimate of drug-likeness (QED) is 0.684. The van der Waals surface area contributed by atoms with Gasteiger partial charge in [-0.05, 0) is 54.1 Å². The molecule has 4 rings (SSSR count). The number of ketones is 1. The first-order chi connectivity index (χ1) is 13.1. The van der Waals surface area contributed by atoms with Crippen LogP contribution in [0.1, 0.15) is 49.0 Å². The Morgan fingerprint density at radius 3 is 2.81 bits per heavy atom. The molecule has 6 heteroatoms. The number of nitrogens with zero attached hydrogens (tertiary/aromatic N) is 1. The summed E-state index contributed by atoms with van der Waals surface area (Å²) in [6, 6.07) is 6.11. The van der Waals surface area contributed by atoms with Gasteiger partial charge >= 0.3 is 5.97 Å². The second kappa shape index (κ2) is 7.52. The van der Waals surface area contributed by atoms with Gasteiger partial charge in [-0.1, -0.05) is 6.07 Å². The lowest BCUT2D eigenvalue weighted by Crippen LogP contribution is -2.37. The van der Waals surface area contributed by atoms with Crippen molar-refractivity contribution in [3.63, 3.8) is 0 Å². The predicted molar refractivity (Wildman–Crippen MR) is 109 cm³/mol. The van der Waals surface area contributed by atoms with E-state index in [2.05, 4.69) is 6.07 Å². The van der Waals surface area contributed by atoms with Gasteiger partial charge in [0.05, 0.1) is 6.61 Å². The van der Waals surface area contributed by atoms with Crippen molar-refractivity contribution in [2.45, 2.75) is 38.5 Å². The van der Waals surface area contributed by atoms with Crippen LogP contribution in [0.2, 0.25) is 0 Å². The number of hydrogen-bond acceptors (Lipinski definition) is 6. The van der Waals surface area contributed by atoms with Crippen molar-refractivity contribution in [2.24, 2.45) is 10.9 Å². The van der Waals surface area contributed by atoms with Crippen LogP contribution in [0.5, 0.6) is 0 Å². The molecule has 0 aromatic carbocycles. The maximum absolute atomic E-state index is 13.2. The first kappa shape index (κ1) is 18.3. The molecule has 0 bridgehead atoms. The molecule has 0 N–H and O–H groups in total. The normalized spacial score (nSPS) is 25.2. The third-order valence-electron chi connectivity index (χ3n) is 5.28. The molecule has 1 unspecified atom stereocenters. The average Bonchev–Trinajstić information content (AvgIpc) is 3.34. The largest absolute Gasteiger partial charge is 0.465 e. The maximum Gasteiger partial charge on any atom is 0.315 e. The number of esters is 1. The summed E-state index contributed by atoms with van der Waals surface area (Å²) in [4.78, 5) is 31.9. The molecule has 0 saturated carbocycles. The Bertz CT molecular complexity index is 909. The van der Waals surface area contributed by atoms with Crippen molar-refractivity contribution in [1.29, 1.82) is 0 Å². The van der Waals surface area contributed by atoms with Crippen LogP contribution in [0.4, 0.5) is 0 Å². The van der Waals surface area contributed by atoms with E-state index in [4.69, 9.17) is 9.73 Å². The fraction of sp³-hybridized carbons (Fsp3) is 0.381. The Labute approximate surface area is 166 Å². The molecule has 2 aromatic heterocycles. The van der Waals surface area contributed by atoms with Crippen molar-refractivity contribution in [2.75, 3.05) is 6.61 Å². The van der Waals surface area contributed by atoms with E-state index in [1.807, 2.05) is 35.2 Å². The monoisotopic (exact) mass is 399 g/mol. The lowest BCUT2D eigenvalue weighted by molar-refractivity contribution is -0.146. The van der Waals surface area contributed by atoms with Gasteiger partial charge in [0.2, 0.25) is 0 Å². The summed E-state index contributed by atoms with van der Waals surface area (Å²) >= 11 is 3.26. The second-order valence-electron chi connectivity index (χ2n) is 6.92. The van der Waals surface area contributed by atoms with Gasteiger partial charge in [-0.2, -0.15) is 11.3 Å². The molecule has 4 nitrogen and oxygen atoms in total. The van der Waals surface area contributed by atoms with E-state index in [0.29, 0.717) is 18.6 Å². The molecule has 0 amide bonds. The van der Waals surface area contributed by atoms with Crippen molar-refractivity contribution >= 4 is 40.1 Å². The van der Waals surface area contributed by atoms with Crippen LogP contribution in [0.25, 0.3) is 0 Å². The summed E-state index contributed by atoms with van der Waals surface area (Å²) < 4.78 is 5.33. The topological polar surface area (TPSA) is 55.7 Å².